The van der Waals surface area contributed by atoms with Gasteiger partial charge in [-0.25, -0.2) is 13.1 Å². The van der Waals surface area contributed by atoms with E-state index in [4.69, 9.17) is 4.42 Å². The molecule has 110 valence electrons. The lowest BCUT2D eigenvalue weighted by Crippen LogP contribution is -2.48. The van der Waals surface area contributed by atoms with Crippen LogP contribution in [-0.2, 0) is 16.6 Å². The summed E-state index contributed by atoms with van der Waals surface area (Å²) in [4.78, 5) is 1.96. The van der Waals surface area contributed by atoms with E-state index in [0.29, 0.717) is 18.8 Å². The summed E-state index contributed by atoms with van der Waals surface area (Å²) in [6.45, 7) is 4.73. The first-order chi connectivity index (χ1) is 8.69. The Morgan fingerprint density at radius 2 is 1.95 bits per heavy atom. The van der Waals surface area contributed by atoms with E-state index in [9.17, 15) is 8.42 Å². The number of likely N-dealkylation sites (N-methyl/N-ethyl adjacent to an activating group) is 1. The van der Waals surface area contributed by atoms with Crippen molar-refractivity contribution in [2.24, 2.45) is 0 Å². The Morgan fingerprint density at radius 3 is 2.47 bits per heavy atom. The van der Waals surface area contributed by atoms with Crippen LogP contribution in [0.2, 0.25) is 0 Å². The highest BCUT2D eigenvalue weighted by molar-refractivity contribution is 7.89. The molecule has 0 spiro atoms. The summed E-state index contributed by atoms with van der Waals surface area (Å²) in [6, 6.07) is 3.12. The minimum Gasteiger partial charge on any atom is -0.447 e. The number of furan rings is 1. The molecular weight excluding hydrogens is 266 g/mol. The first-order valence-corrected chi connectivity index (χ1v) is 7.58. The smallest absolute Gasteiger partial charge is 0.274 e. The minimum atomic E-state index is -3.60. The fraction of sp³-hybridized carbons (Fsp3) is 0.667. The average molecular weight is 289 g/mol. The Hall–Kier alpha value is -0.890. The standard InChI is InChI=1S/C12H23N3O3S/c1-12(2,15(4)5)9-14-19(16,17)11-7-6-10(18-11)8-13-3/h6-7,13-14H,8-9H2,1-5H3. The van der Waals surface area contributed by atoms with Gasteiger partial charge in [0.05, 0.1) is 6.54 Å². The van der Waals surface area contributed by atoms with Crippen molar-refractivity contribution in [3.63, 3.8) is 0 Å². The number of hydrogen-bond acceptors (Lipinski definition) is 5. The Bertz CT molecular complexity index is 506. The second kappa shape index (κ2) is 6.04. The molecule has 0 saturated heterocycles. The Kier molecular flexibility index (Phi) is 5.14. The molecule has 0 aliphatic carbocycles. The summed E-state index contributed by atoms with van der Waals surface area (Å²) in [5.74, 6) is 0.592. The predicted molar refractivity (Wildman–Crippen MR) is 74.4 cm³/mol. The van der Waals surface area contributed by atoms with E-state index < -0.39 is 10.0 Å². The van der Waals surface area contributed by atoms with Crippen LogP contribution in [0.15, 0.2) is 21.6 Å². The van der Waals surface area contributed by atoms with Crippen LogP contribution < -0.4 is 10.0 Å². The van der Waals surface area contributed by atoms with Crippen molar-refractivity contribution in [1.29, 1.82) is 0 Å². The third-order valence-corrected chi connectivity index (χ3v) is 4.43. The fourth-order valence-electron chi connectivity index (χ4n) is 1.27. The van der Waals surface area contributed by atoms with Gasteiger partial charge in [-0.3, -0.25) is 0 Å². The fourth-order valence-corrected chi connectivity index (χ4v) is 2.42. The third kappa shape index (κ3) is 4.31. The lowest BCUT2D eigenvalue weighted by atomic mass is 10.1. The van der Waals surface area contributed by atoms with Gasteiger partial charge in [-0.05, 0) is 47.1 Å². The number of nitrogens with zero attached hydrogens (tertiary/aromatic N) is 1. The van der Waals surface area contributed by atoms with Gasteiger partial charge in [0.1, 0.15) is 5.76 Å². The molecule has 0 radical (unpaired) electrons. The molecule has 0 aliphatic heterocycles. The van der Waals surface area contributed by atoms with Crippen LogP contribution in [0.1, 0.15) is 19.6 Å². The van der Waals surface area contributed by atoms with Crippen LogP contribution >= 0.6 is 0 Å². The second-order valence-electron chi connectivity index (χ2n) is 5.28. The molecule has 2 N–H and O–H groups in total. The number of sulfonamides is 1. The maximum atomic E-state index is 12.1. The summed E-state index contributed by atoms with van der Waals surface area (Å²) < 4.78 is 32.0. The lowest BCUT2D eigenvalue weighted by molar-refractivity contribution is 0.198. The summed E-state index contributed by atoms with van der Waals surface area (Å²) in [5.41, 5.74) is -0.270. The van der Waals surface area contributed by atoms with E-state index >= 15 is 0 Å². The molecule has 0 aliphatic rings. The van der Waals surface area contributed by atoms with Gasteiger partial charge in [-0.1, -0.05) is 0 Å². The zero-order chi connectivity index (χ0) is 14.7. The van der Waals surface area contributed by atoms with Gasteiger partial charge in [-0.2, -0.15) is 0 Å². The number of rotatable bonds is 7. The Balaban J connectivity index is 2.75. The molecule has 1 heterocycles. The van der Waals surface area contributed by atoms with Crippen molar-refractivity contribution < 1.29 is 12.8 Å². The molecule has 0 bridgehead atoms. The van der Waals surface area contributed by atoms with E-state index in [1.165, 1.54) is 6.07 Å². The van der Waals surface area contributed by atoms with E-state index in [1.807, 2.05) is 32.8 Å². The van der Waals surface area contributed by atoms with Crippen LogP contribution in [-0.4, -0.2) is 46.5 Å². The minimum absolute atomic E-state index is 0.0488. The van der Waals surface area contributed by atoms with Gasteiger partial charge in [0, 0.05) is 12.1 Å². The second-order valence-corrected chi connectivity index (χ2v) is 6.98. The molecule has 1 aromatic heterocycles. The number of hydrogen-bond donors (Lipinski definition) is 2. The molecular formula is C12H23N3O3S. The van der Waals surface area contributed by atoms with Crippen molar-refractivity contribution >= 4 is 10.0 Å². The van der Waals surface area contributed by atoms with Gasteiger partial charge in [0.25, 0.3) is 10.0 Å². The largest absolute Gasteiger partial charge is 0.447 e. The Labute approximate surface area is 115 Å². The molecule has 7 heteroatoms. The van der Waals surface area contributed by atoms with Crippen LogP contribution in [0.4, 0.5) is 0 Å². The molecule has 0 fully saturated rings. The summed E-state index contributed by atoms with van der Waals surface area (Å²) in [5, 5.41) is 2.86. The zero-order valence-corrected chi connectivity index (χ0v) is 13.0. The van der Waals surface area contributed by atoms with Crippen molar-refractivity contribution in [2.45, 2.75) is 31.0 Å². The van der Waals surface area contributed by atoms with Gasteiger partial charge < -0.3 is 14.6 Å². The van der Waals surface area contributed by atoms with Crippen molar-refractivity contribution in [1.82, 2.24) is 14.9 Å². The summed E-state index contributed by atoms with van der Waals surface area (Å²) >= 11 is 0. The van der Waals surface area contributed by atoms with Crippen LogP contribution in [0.25, 0.3) is 0 Å². The van der Waals surface area contributed by atoms with Crippen molar-refractivity contribution in [3.8, 4) is 0 Å². The van der Waals surface area contributed by atoms with Crippen LogP contribution in [0.5, 0.6) is 0 Å². The maximum absolute atomic E-state index is 12.1. The highest BCUT2D eigenvalue weighted by atomic mass is 32.2. The molecule has 0 saturated carbocycles. The highest BCUT2D eigenvalue weighted by Crippen LogP contribution is 2.15. The first-order valence-electron chi connectivity index (χ1n) is 6.09. The van der Waals surface area contributed by atoms with Gasteiger partial charge in [-0.15, -0.1) is 0 Å². The van der Waals surface area contributed by atoms with Crippen molar-refractivity contribution in [3.05, 3.63) is 17.9 Å². The number of nitrogens with one attached hydrogen (secondary N) is 2. The molecule has 0 amide bonds. The van der Waals surface area contributed by atoms with E-state index in [-0.39, 0.29) is 10.6 Å². The van der Waals surface area contributed by atoms with Crippen molar-refractivity contribution in [2.75, 3.05) is 27.7 Å². The highest BCUT2D eigenvalue weighted by Gasteiger charge is 2.25. The van der Waals surface area contributed by atoms with E-state index in [2.05, 4.69) is 10.0 Å². The molecule has 19 heavy (non-hydrogen) atoms. The third-order valence-electron chi connectivity index (χ3n) is 3.16. The molecule has 0 atom stereocenters. The predicted octanol–water partition coefficient (Wildman–Crippen LogP) is 0.618. The Morgan fingerprint density at radius 1 is 1.32 bits per heavy atom. The summed E-state index contributed by atoms with van der Waals surface area (Å²) in [7, 11) is 1.99. The van der Waals surface area contributed by atoms with E-state index in [1.54, 1.807) is 13.1 Å². The van der Waals surface area contributed by atoms with Gasteiger partial charge >= 0.3 is 0 Å². The SMILES string of the molecule is CNCc1ccc(S(=O)(=O)NCC(C)(C)N(C)C)o1. The molecule has 1 aromatic rings. The molecule has 0 unspecified atom stereocenters. The monoisotopic (exact) mass is 289 g/mol. The first kappa shape index (κ1) is 16.2. The maximum Gasteiger partial charge on any atom is 0.274 e. The topological polar surface area (TPSA) is 74.6 Å². The molecule has 1 rings (SSSR count). The summed E-state index contributed by atoms with van der Waals surface area (Å²) in [6.07, 6.45) is 0. The molecule has 6 nitrogen and oxygen atoms in total. The lowest BCUT2D eigenvalue weighted by Gasteiger charge is -2.32. The average Bonchev–Trinajstić information content (AvgIpc) is 2.76. The normalized spacial score (nSPS) is 13.2. The van der Waals surface area contributed by atoms with Gasteiger partial charge in [0.2, 0.25) is 5.09 Å². The quantitative estimate of drug-likeness (QED) is 0.769. The van der Waals surface area contributed by atoms with Crippen LogP contribution in [0, 0.1) is 0 Å². The zero-order valence-electron chi connectivity index (χ0n) is 12.1. The van der Waals surface area contributed by atoms with Gasteiger partial charge in [0.15, 0.2) is 0 Å². The van der Waals surface area contributed by atoms with Crippen LogP contribution in [0.3, 0.4) is 0 Å². The van der Waals surface area contributed by atoms with E-state index in [0.717, 1.165) is 0 Å². The molecule has 0 aromatic carbocycles.